The molecule has 0 aromatic carbocycles. The summed E-state index contributed by atoms with van der Waals surface area (Å²) in [6.45, 7) is 0. The Balaban J connectivity index is 2.55. The summed E-state index contributed by atoms with van der Waals surface area (Å²) in [7, 11) is -0.762. The van der Waals surface area contributed by atoms with Gasteiger partial charge in [0.05, 0.1) is 11.5 Å². The molecule has 1 heterocycles. The third kappa shape index (κ3) is 3.01. The van der Waals surface area contributed by atoms with E-state index < -0.39 is 8.29 Å². The Labute approximate surface area is 75.6 Å². The maximum Gasteiger partial charge on any atom is 0.0844 e. The second kappa shape index (κ2) is 4.33. The van der Waals surface area contributed by atoms with Crippen molar-refractivity contribution in [3.8, 4) is 0 Å². The van der Waals surface area contributed by atoms with Gasteiger partial charge < -0.3 is 4.18 Å². The third-order valence-corrected chi connectivity index (χ3v) is 2.42. The predicted molar refractivity (Wildman–Crippen MR) is 52.9 cm³/mol. The summed E-state index contributed by atoms with van der Waals surface area (Å²) >= 11 is 11.1. The lowest BCUT2D eigenvalue weighted by Gasteiger charge is -2.14. The van der Waals surface area contributed by atoms with Gasteiger partial charge in [0.15, 0.2) is 0 Å². The minimum absolute atomic E-state index is 0.762. The van der Waals surface area contributed by atoms with Gasteiger partial charge in [-0.25, -0.2) is 22.4 Å². The molecule has 0 unspecified atom stereocenters. The molecule has 0 radical (unpaired) electrons. The number of hydrogen-bond acceptors (Lipinski definition) is 5. The zero-order chi connectivity index (χ0) is 7.40. The Bertz CT molecular complexity index is 230. The van der Waals surface area contributed by atoms with E-state index in [2.05, 4.69) is 0 Å². The summed E-state index contributed by atoms with van der Waals surface area (Å²) in [6.07, 6.45) is 3.83. The van der Waals surface area contributed by atoms with Crippen LogP contribution in [0.1, 0.15) is 0 Å². The zero-order valence-electron chi connectivity index (χ0n) is 4.98. The van der Waals surface area contributed by atoms with E-state index in [-0.39, 0.29) is 0 Å². The first-order chi connectivity index (χ1) is 4.79. The number of rotatable bonds is 2. The molecule has 0 saturated heterocycles. The summed E-state index contributed by atoms with van der Waals surface area (Å²) < 4.78 is 5.14. The van der Waals surface area contributed by atoms with Crippen molar-refractivity contribution in [3.05, 3.63) is 23.3 Å². The topological polar surface area (TPSA) is 9.23 Å². The van der Waals surface area contributed by atoms with E-state index in [0.29, 0.717) is 0 Å². The van der Waals surface area contributed by atoms with Crippen molar-refractivity contribution in [2.75, 3.05) is 5.75 Å². The maximum absolute atomic E-state index is 5.14. The van der Waals surface area contributed by atoms with Gasteiger partial charge in [0.25, 0.3) is 0 Å². The normalized spacial score (nSPS) is 17.1. The van der Waals surface area contributed by atoms with Crippen LogP contribution in [0.2, 0.25) is 0 Å². The van der Waals surface area contributed by atoms with Crippen molar-refractivity contribution in [2.24, 2.45) is 0 Å². The molecule has 1 aliphatic heterocycles. The average Bonchev–Trinajstić information content (AvgIpc) is 1.88. The van der Waals surface area contributed by atoms with Crippen molar-refractivity contribution < 1.29 is 4.18 Å². The van der Waals surface area contributed by atoms with E-state index >= 15 is 0 Å². The third-order valence-electron chi connectivity index (χ3n) is 0.858. The van der Waals surface area contributed by atoms with Crippen molar-refractivity contribution in [2.45, 2.75) is 0 Å². The van der Waals surface area contributed by atoms with Crippen molar-refractivity contribution in [3.63, 3.8) is 0 Å². The van der Waals surface area contributed by atoms with Gasteiger partial charge in [0.1, 0.15) is 0 Å². The first kappa shape index (κ1) is 8.52. The molecule has 0 atom stereocenters. The largest absolute Gasteiger partial charge is 0.579 e. The summed E-state index contributed by atoms with van der Waals surface area (Å²) in [5.74, 6) is 1.74. The molecule has 5 heteroatoms. The van der Waals surface area contributed by atoms with Crippen LogP contribution in [0.25, 0.3) is 0 Å². The molecule has 1 aliphatic rings. The summed E-state index contributed by atoms with van der Waals surface area (Å²) in [4.78, 5) is 0. The van der Waals surface area contributed by atoms with E-state index in [4.69, 9.17) is 26.6 Å². The van der Waals surface area contributed by atoms with Gasteiger partial charge in [-0.15, -0.1) is 11.8 Å². The molecule has 1 nitrogen and oxygen atoms in total. The molecule has 0 saturated carbocycles. The molecule has 0 spiro atoms. The fourth-order valence-electron chi connectivity index (χ4n) is 0.520. The highest BCUT2D eigenvalue weighted by molar-refractivity contribution is 8.44. The van der Waals surface area contributed by atoms with E-state index in [9.17, 15) is 0 Å². The highest BCUT2D eigenvalue weighted by atomic mass is 33.1. The molecular weight excluding hydrogens is 204 g/mol. The van der Waals surface area contributed by atoms with Gasteiger partial charge in [-0.05, 0) is 11.5 Å². The SMILES string of the molecule is S=[S-](=S)OC1=CC=CSC1. The molecule has 56 valence electrons. The molecule has 0 N–H and O–H groups in total. The zero-order valence-corrected chi connectivity index (χ0v) is 8.25. The van der Waals surface area contributed by atoms with Crippen LogP contribution in [0.4, 0.5) is 0 Å². The Morgan fingerprint density at radius 1 is 1.60 bits per heavy atom. The van der Waals surface area contributed by atoms with E-state index in [0.717, 1.165) is 11.5 Å². The van der Waals surface area contributed by atoms with Crippen LogP contribution in [0, 0.1) is 0 Å². The van der Waals surface area contributed by atoms with Crippen LogP contribution < -0.4 is 0 Å². The quantitative estimate of drug-likeness (QED) is 0.639. The summed E-state index contributed by atoms with van der Waals surface area (Å²) in [5.41, 5.74) is 0. The van der Waals surface area contributed by atoms with Crippen LogP contribution in [0.15, 0.2) is 23.3 Å². The lowest BCUT2D eigenvalue weighted by molar-refractivity contribution is 0.509. The lowest BCUT2D eigenvalue weighted by atomic mass is 10.5. The molecule has 0 aromatic heterocycles. The minimum Gasteiger partial charge on any atom is -0.579 e. The molecular formula is C5H5OS4-. The first-order valence-corrected chi connectivity index (χ1v) is 6.59. The first-order valence-electron chi connectivity index (χ1n) is 2.54. The smallest absolute Gasteiger partial charge is 0.0844 e. The second-order valence-electron chi connectivity index (χ2n) is 1.56. The Morgan fingerprint density at radius 3 is 2.90 bits per heavy atom. The van der Waals surface area contributed by atoms with Crippen LogP contribution >= 0.6 is 11.8 Å². The van der Waals surface area contributed by atoms with Crippen molar-refractivity contribution in [1.82, 2.24) is 0 Å². The fraction of sp³-hybridized carbons (Fsp3) is 0.200. The van der Waals surface area contributed by atoms with Crippen LogP contribution in [-0.2, 0) is 34.9 Å². The number of hydrogen-bond donors (Lipinski definition) is 0. The van der Waals surface area contributed by atoms with Crippen LogP contribution in [0.3, 0.4) is 0 Å². The molecule has 1 rings (SSSR count). The minimum atomic E-state index is -0.762. The highest BCUT2D eigenvalue weighted by Crippen LogP contribution is 2.15. The van der Waals surface area contributed by atoms with Crippen LogP contribution in [-0.4, -0.2) is 5.75 Å². The van der Waals surface area contributed by atoms with Crippen molar-refractivity contribution in [1.29, 1.82) is 0 Å². The molecule has 0 amide bonds. The van der Waals surface area contributed by atoms with Gasteiger partial charge in [-0.1, -0.05) is 6.08 Å². The van der Waals surface area contributed by atoms with E-state index in [1.54, 1.807) is 11.8 Å². The van der Waals surface area contributed by atoms with Gasteiger partial charge in [0, 0.05) is 0 Å². The average molecular weight is 209 g/mol. The van der Waals surface area contributed by atoms with Gasteiger partial charge in [0.2, 0.25) is 0 Å². The molecule has 0 aliphatic carbocycles. The van der Waals surface area contributed by atoms with Gasteiger partial charge >= 0.3 is 0 Å². The van der Waals surface area contributed by atoms with Crippen molar-refractivity contribution >= 4 is 42.4 Å². The Morgan fingerprint density at radius 2 is 2.40 bits per heavy atom. The summed E-state index contributed by atoms with van der Waals surface area (Å²) in [6, 6.07) is 0. The molecule has 0 aromatic rings. The fourth-order valence-corrected chi connectivity index (χ4v) is 2.01. The Kier molecular flexibility index (Phi) is 3.69. The van der Waals surface area contributed by atoms with Gasteiger partial charge in [-0.3, -0.25) is 0 Å². The van der Waals surface area contributed by atoms with E-state index in [1.807, 2.05) is 17.6 Å². The highest BCUT2D eigenvalue weighted by Gasteiger charge is 1.94. The second-order valence-corrected chi connectivity index (χ2v) is 5.48. The lowest BCUT2D eigenvalue weighted by Crippen LogP contribution is -1.93. The molecule has 0 fully saturated rings. The predicted octanol–water partition coefficient (Wildman–Crippen LogP) is 1.60. The summed E-state index contributed by atoms with van der Waals surface area (Å²) in [5, 5.41) is 2.01. The Hall–Kier alpha value is 0.420. The number of allylic oxidation sites excluding steroid dienone is 2. The standard InChI is InChI=1S/C5H5OS4/c7-10(8)6-5-2-1-3-9-4-5/h1-3H,4H2/q-1. The number of thioether (sulfide) groups is 1. The maximum atomic E-state index is 5.14. The van der Waals surface area contributed by atoms with Crippen LogP contribution in [0.5, 0.6) is 0 Å². The molecule has 0 bridgehead atoms. The van der Waals surface area contributed by atoms with Gasteiger partial charge in [-0.2, -0.15) is 8.29 Å². The van der Waals surface area contributed by atoms with E-state index in [1.165, 1.54) is 0 Å². The molecule has 10 heavy (non-hydrogen) atoms. The monoisotopic (exact) mass is 209 g/mol.